The molecule has 13 unspecified atom stereocenters. The second-order valence-corrected chi connectivity index (χ2v) is 24.9. The van der Waals surface area contributed by atoms with Crippen LogP contribution in [0.3, 0.4) is 0 Å². The maximum Gasteiger partial charge on any atom is 0.508 e. The average molecular weight is 1120 g/mol. The lowest BCUT2D eigenvalue weighted by Gasteiger charge is -2.29. The minimum atomic E-state index is -0.703. The summed E-state index contributed by atoms with van der Waals surface area (Å²) in [5.74, 6) is -1.74. The molecule has 13 atom stereocenters. The number of esters is 9. The first-order valence-electron chi connectivity index (χ1n) is 28.0. The highest BCUT2D eigenvalue weighted by Gasteiger charge is 2.66. The van der Waals surface area contributed by atoms with Crippen molar-refractivity contribution in [2.24, 2.45) is 50.7 Å². The van der Waals surface area contributed by atoms with Gasteiger partial charge in [-0.15, -0.1) is 0 Å². The first-order valence-corrected chi connectivity index (χ1v) is 28.0. The van der Waals surface area contributed by atoms with Crippen molar-refractivity contribution in [1.29, 1.82) is 0 Å². The second kappa shape index (κ2) is 25.9. The van der Waals surface area contributed by atoms with Crippen molar-refractivity contribution in [3.8, 4) is 0 Å². The van der Waals surface area contributed by atoms with Crippen LogP contribution in [0.1, 0.15) is 168 Å². The van der Waals surface area contributed by atoms with Crippen molar-refractivity contribution in [3.05, 3.63) is 0 Å². The van der Waals surface area contributed by atoms with Gasteiger partial charge in [0.15, 0.2) is 18.3 Å². The lowest BCUT2D eigenvalue weighted by molar-refractivity contribution is -0.170. The third-order valence-corrected chi connectivity index (χ3v) is 17.2. The Morgan fingerprint density at radius 3 is 1.51 bits per heavy atom. The van der Waals surface area contributed by atoms with Crippen molar-refractivity contribution >= 4 is 59.9 Å². The molecule has 22 nitrogen and oxygen atoms in total. The van der Waals surface area contributed by atoms with Crippen LogP contribution in [0.25, 0.3) is 0 Å². The minimum absolute atomic E-state index is 0.0635. The van der Waals surface area contributed by atoms with Gasteiger partial charge in [-0.3, -0.25) is 38.4 Å². The highest BCUT2D eigenvalue weighted by Crippen LogP contribution is 2.56. The van der Waals surface area contributed by atoms with Crippen molar-refractivity contribution in [2.45, 2.75) is 223 Å². The van der Waals surface area contributed by atoms with Crippen LogP contribution in [-0.4, -0.2) is 141 Å². The van der Waals surface area contributed by atoms with E-state index in [1.54, 1.807) is 13.8 Å². The van der Waals surface area contributed by atoms with Crippen molar-refractivity contribution in [2.75, 3.05) is 26.4 Å². The quantitative estimate of drug-likeness (QED) is 0.111. The van der Waals surface area contributed by atoms with E-state index in [-0.39, 0.29) is 116 Å². The molecule has 4 bridgehead atoms. The Morgan fingerprint density at radius 1 is 0.506 bits per heavy atom. The van der Waals surface area contributed by atoms with E-state index >= 15 is 0 Å². The SMILES string of the molecule is CCC(C)(C)C(=O)OC1C2CC3C(=O)OC1C3C2.CCC(C)(C)C(=O)OC1C2CC3C(=O)OC1C3O2.CCC(C)(C)C(=O)OC1CCOC1=O.CCC(C)(C)C(=O)OC1COC(=O)C1.CCC(C)(C)C(=O)OCC1COC(=O)O1. The number of hydrogen-bond donors (Lipinski definition) is 0. The van der Waals surface area contributed by atoms with E-state index in [0.29, 0.717) is 57.0 Å². The molecule has 7 heterocycles. The van der Waals surface area contributed by atoms with Gasteiger partial charge in [0, 0.05) is 18.3 Å². The standard InChI is InChI=1S/C14H20O4.C13H18O5.C10H16O5.2C10H16O4/c1-4-14(2,3)13(16)18-10-7-5-8-9(6-7)12(15)17-11(8)10;1-4-13(2,3)12(15)18-9-7-5-6-8(16-7)10(9)17-11(6)14;1-4-10(2,3)8(11)13-5-7-6-14-9(12)15-7;1-4-10(2,3)9(12)14-7-5-8(11)13-6-7;1-4-10(2,3)9(12)14-7-5-6-13-8(7)11/h7-11H,4-6H2,1-3H3;6-10H,4-5H2,1-3H3;7H,4-6H2,1-3H3;2*7H,4-6H2,1-3H3. The maximum absolute atomic E-state index is 12.1. The summed E-state index contributed by atoms with van der Waals surface area (Å²) in [6.07, 6.45) is 2.86. The van der Waals surface area contributed by atoms with Crippen molar-refractivity contribution < 1.29 is 105 Å². The van der Waals surface area contributed by atoms with Gasteiger partial charge in [0.25, 0.3) is 0 Å². The van der Waals surface area contributed by atoms with Crippen LogP contribution in [0, 0.1) is 50.7 Å². The van der Waals surface area contributed by atoms with E-state index in [1.165, 1.54) is 0 Å². The molecule has 0 spiro atoms. The van der Waals surface area contributed by atoms with Crippen LogP contribution in [0.5, 0.6) is 0 Å². The predicted molar refractivity (Wildman–Crippen MR) is 274 cm³/mol. The zero-order valence-corrected chi connectivity index (χ0v) is 48.9. The first kappa shape index (κ1) is 64.3. The van der Waals surface area contributed by atoms with Crippen LogP contribution < -0.4 is 0 Å². The van der Waals surface area contributed by atoms with E-state index in [2.05, 4.69) is 4.74 Å². The topological polar surface area (TPSA) is 281 Å². The summed E-state index contributed by atoms with van der Waals surface area (Å²) in [6, 6.07) is 0. The molecule has 2 saturated carbocycles. The van der Waals surface area contributed by atoms with Crippen LogP contribution in [0.4, 0.5) is 4.79 Å². The van der Waals surface area contributed by atoms with Gasteiger partial charge < -0.3 is 56.8 Å². The predicted octanol–water partition coefficient (Wildman–Crippen LogP) is 7.03. The van der Waals surface area contributed by atoms with Gasteiger partial charge in [-0.1, -0.05) is 34.6 Å². The fourth-order valence-electron chi connectivity index (χ4n) is 9.30. The van der Waals surface area contributed by atoms with Crippen LogP contribution >= 0.6 is 0 Å². The summed E-state index contributed by atoms with van der Waals surface area (Å²) in [6.45, 7) is 28.8. The van der Waals surface area contributed by atoms with Crippen molar-refractivity contribution in [3.63, 3.8) is 0 Å². The molecule has 0 amide bonds. The fourth-order valence-corrected chi connectivity index (χ4v) is 9.30. The van der Waals surface area contributed by atoms with Gasteiger partial charge >= 0.3 is 59.9 Å². The first-order chi connectivity index (χ1) is 36.8. The number of fused-ring (bicyclic) bond motifs is 2. The van der Waals surface area contributed by atoms with Gasteiger partial charge in [-0.2, -0.15) is 0 Å². The Labute approximate surface area is 463 Å². The smallest absolute Gasteiger partial charge is 0.463 e. The van der Waals surface area contributed by atoms with E-state index in [4.69, 9.17) is 52.1 Å². The van der Waals surface area contributed by atoms with E-state index in [1.807, 2.05) is 90.0 Å². The Hall–Kier alpha value is -5.54. The lowest BCUT2D eigenvalue weighted by Crippen LogP contribution is -2.42. The van der Waals surface area contributed by atoms with Gasteiger partial charge in [0.1, 0.15) is 44.2 Å². The molecule has 22 heteroatoms. The summed E-state index contributed by atoms with van der Waals surface area (Å²) in [5, 5.41) is 0. The van der Waals surface area contributed by atoms with E-state index < -0.39 is 63.6 Å². The Balaban J connectivity index is 0.000000183. The maximum atomic E-state index is 12.1. The van der Waals surface area contributed by atoms with Gasteiger partial charge in [0.2, 0.25) is 6.10 Å². The van der Waals surface area contributed by atoms with Gasteiger partial charge in [0.05, 0.1) is 58.0 Å². The molecule has 7 aliphatic heterocycles. The molecule has 79 heavy (non-hydrogen) atoms. The molecular weight excluding hydrogens is 1040 g/mol. The number of carbonyl (C=O) groups excluding carboxylic acids is 10. The average Bonchev–Trinajstić information content (AvgIpc) is 4.45. The number of rotatable bonds is 16. The Kier molecular flexibility index (Phi) is 21.1. The number of carbonyl (C=O) groups is 10. The zero-order valence-electron chi connectivity index (χ0n) is 48.9. The van der Waals surface area contributed by atoms with Crippen LogP contribution in [0.15, 0.2) is 0 Å². The summed E-state index contributed by atoms with van der Waals surface area (Å²) >= 11 is 0. The molecule has 0 N–H and O–H groups in total. The molecule has 2 aliphatic carbocycles. The molecule has 0 aromatic carbocycles. The second-order valence-electron chi connectivity index (χ2n) is 24.9. The highest BCUT2D eigenvalue weighted by atomic mass is 16.8. The largest absolute Gasteiger partial charge is 0.508 e. The molecule has 446 valence electrons. The van der Waals surface area contributed by atoms with Crippen LogP contribution in [0.2, 0.25) is 0 Å². The number of cyclic esters (lactones) is 4. The third-order valence-electron chi connectivity index (χ3n) is 17.2. The molecule has 9 aliphatic rings. The van der Waals surface area contributed by atoms with E-state index in [9.17, 15) is 47.9 Å². The van der Waals surface area contributed by atoms with Gasteiger partial charge in [-0.05, 0) is 121 Å². The fraction of sp³-hybridized carbons (Fsp3) is 0.825. The number of ether oxygens (including phenoxy) is 12. The monoisotopic (exact) mass is 1120 g/mol. The summed E-state index contributed by atoms with van der Waals surface area (Å²) in [4.78, 5) is 114. The normalized spacial score (nSPS) is 30.4. The molecule has 0 aromatic heterocycles. The minimum Gasteiger partial charge on any atom is -0.463 e. The third kappa shape index (κ3) is 15.5. The van der Waals surface area contributed by atoms with E-state index in [0.717, 1.165) is 19.3 Å². The van der Waals surface area contributed by atoms with Crippen LogP contribution in [-0.2, 0) is 100.0 Å². The lowest BCUT2D eigenvalue weighted by atomic mass is 9.87. The Bertz CT molecular complexity index is 2190. The van der Waals surface area contributed by atoms with Gasteiger partial charge in [-0.25, -0.2) is 9.59 Å². The molecule has 7 saturated heterocycles. The summed E-state index contributed by atoms with van der Waals surface area (Å²) in [5.41, 5.74) is -2.47. The molecule has 9 rings (SSSR count). The van der Waals surface area contributed by atoms with Crippen molar-refractivity contribution in [1.82, 2.24) is 0 Å². The molecule has 9 fully saturated rings. The summed E-state index contributed by atoms with van der Waals surface area (Å²) in [7, 11) is 0. The Morgan fingerprint density at radius 2 is 1.01 bits per heavy atom. The summed E-state index contributed by atoms with van der Waals surface area (Å²) < 4.78 is 61.4. The zero-order chi connectivity index (χ0) is 59.2. The molecule has 0 aromatic rings. The highest BCUT2D eigenvalue weighted by molar-refractivity contribution is 5.83. The molecule has 0 radical (unpaired) electrons. The number of hydrogen-bond acceptors (Lipinski definition) is 22. The molecular formula is C57H86O22.